The number of nitrogens with one attached hydrogen (secondary N) is 1. The largest absolute Gasteiger partial charge is 0.493 e. The number of amides is 1. The predicted octanol–water partition coefficient (Wildman–Crippen LogP) is 4.48. The van der Waals surface area contributed by atoms with Crippen LogP contribution < -0.4 is 19.5 Å². The van der Waals surface area contributed by atoms with Crippen molar-refractivity contribution in [1.82, 2.24) is 15.1 Å². The molecule has 35 heavy (non-hydrogen) atoms. The minimum Gasteiger partial charge on any atom is -0.493 e. The van der Waals surface area contributed by atoms with Crippen molar-refractivity contribution in [3.05, 3.63) is 17.7 Å². The highest BCUT2D eigenvalue weighted by molar-refractivity contribution is 7.80. The molecule has 1 N–H and O–H groups in total. The fraction of sp³-hybridized carbons (Fsp3) is 0.704. The van der Waals surface area contributed by atoms with Crippen LogP contribution in [0.2, 0.25) is 0 Å². The topological polar surface area (TPSA) is 63.3 Å². The van der Waals surface area contributed by atoms with Gasteiger partial charge in [-0.15, -0.1) is 0 Å². The summed E-state index contributed by atoms with van der Waals surface area (Å²) in [6.45, 7) is 3.69. The Labute approximate surface area is 215 Å². The van der Waals surface area contributed by atoms with Crippen LogP contribution >= 0.6 is 12.2 Å². The van der Waals surface area contributed by atoms with Gasteiger partial charge in [-0.2, -0.15) is 0 Å². The van der Waals surface area contributed by atoms with E-state index in [1.807, 2.05) is 4.90 Å². The van der Waals surface area contributed by atoms with Gasteiger partial charge < -0.3 is 29.3 Å². The molecular formula is C27H41N3O4S. The maximum Gasteiger partial charge on any atom is 0.254 e. The summed E-state index contributed by atoms with van der Waals surface area (Å²) in [5.41, 5.74) is 0.574. The van der Waals surface area contributed by atoms with Gasteiger partial charge in [-0.05, 0) is 74.7 Å². The molecule has 0 aromatic heterocycles. The summed E-state index contributed by atoms with van der Waals surface area (Å²) in [5, 5.41) is 4.59. The predicted molar refractivity (Wildman–Crippen MR) is 142 cm³/mol. The molecule has 8 heteroatoms. The Bertz CT molecular complexity index is 848. The lowest BCUT2D eigenvalue weighted by Crippen LogP contribution is -2.49. The van der Waals surface area contributed by atoms with E-state index < -0.39 is 0 Å². The Morgan fingerprint density at radius 2 is 1.31 bits per heavy atom. The summed E-state index contributed by atoms with van der Waals surface area (Å²) < 4.78 is 16.2. The Balaban J connectivity index is 1.26. The van der Waals surface area contributed by atoms with Crippen molar-refractivity contribution in [2.24, 2.45) is 11.8 Å². The Kier molecular flexibility index (Phi) is 8.98. The lowest BCUT2D eigenvalue weighted by atomic mass is 9.79. The minimum absolute atomic E-state index is 0.0247. The number of methoxy groups -OCH3 is 3. The first-order valence-electron chi connectivity index (χ1n) is 13.2. The normalized spacial score (nSPS) is 20.4. The molecule has 2 saturated heterocycles. The van der Waals surface area contributed by atoms with Gasteiger partial charge in [-0.3, -0.25) is 4.79 Å². The standard InChI is InChI=1S/C27H41N3O4S/c1-32-23-17-21(18-24(33-2)25(23)34-3)26(31)29-13-9-19(10-14-29)20-11-15-30(16-12-20)27(35)28-22-7-5-4-6-8-22/h17-20,22H,4-16H2,1-3H3,(H,28,35). The van der Waals surface area contributed by atoms with E-state index in [4.69, 9.17) is 26.4 Å². The second-order valence-electron chi connectivity index (χ2n) is 10.2. The number of rotatable bonds is 6. The lowest BCUT2D eigenvalue weighted by molar-refractivity contribution is 0.0625. The Morgan fingerprint density at radius 3 is 1.80 bits per heavy atom. The second-order valence-corrected chi connectivity index (χ2v) is 10.5. The first-order valence-corrected chi connectivity index (χ1v) is 13.6. The average molecular weight is 504 g/mol. The number of likely N-dealkylation sites (tertiary alicyclic amines) is 2. The minimum atomic E-state index is 0.0247. The van der Waals surface area contributed by atoms with Crippen LogP contribution in [0.3, 0.4) is 0 Å². The summed E-state index contributed by atoms with van der Waals surface area (Å²) in [4.78, 5) is 17.6. The van der Waals surface area contributed by atoms with Gasteiger partial charge in [0.05, 0.1) is 21.3 Å². The van der Waals surface area contributed by atoms with Gasteiger partial charge in [-0.1, -0.05) is 19.3 Å². The van der Waals surface area contributed by atoms with Gasteiger partial charge >= 0.3 is 0 Å². The summed E-state index contributed by atoms with van der Waals surface area (Å²) in [6, 6.07) is 4.06. The molecule has 0 spiro atoms. The third-order valence-corrected chi connectivity index (χ3v) is 8.54. The van der Waals surface area contributed by atoms with Crippen molar-refractivity contribution in [2.45, 2.75) is 63.8 Å². The molecule has 2 heterocycles. The van der Waals surface area contributed by atoms with Crippen LogP contribution in [-0.4, -0.2) is 74.4 Å². The van der Waals surface area contributed by atoms with E-state index in [9.17, 15) is 4.79 Å². The molecule has 0 radical (unpaired) electrons. The first-order chi connectivity index (χ1) is 17.0. The monoisotopic (exact) mass is 503 g/mol. The Hall–Kier alpha value is -2.22. The molecule has 0 atom stereocenters. The number of benzene rings is 1. The highest BCUT2D eigenvalue weighted by Crippen LogP contribution is 2.39. The molecule has 1 saturated carbocycles. The SMILES string of the molecule is COc1cc(C(=O)N2CCC(C3CCN(C(=S)NC4CCCCC4)CC3)CC2)cc(OC)c1OC. The van der Waals surface area contributed by atoms with E-state index >= 15 is 0 Å². The third-order valence-electron chi connectivity index (χ3n) is 8.16. The number of hydrogen-bond donors (Lipinski definition) is 1. The number of ether oxygens (including phenoxy) is 3. The van der Waals surface area contributed by atoms with Crippen LogP contribution in [0, 0.1) is 11.8 Å². The summed E-state index contributed by atoms with van der Waals surface area (Å²) in [6.07, 6.45) is 11.0. The fourth-order valence-electron chi connectivity index (χ4n) is 6.05. The smallest absolute Gasteiger partial charge is 0.254 e. The molecule has 1 aromatic carbocycles. The van der Waals surface area contributed by atoms with E-state index in [2.05, 4.69) is 10.2 Å². The third kappa shape index (κ3) is 6.13. The van der Waals surface area contributed by atoms with Crippen LogP contribution in [0.25, 0.3) is 0 Å². The van der Waals surface area contributed by atoms with Crippen molar-refractivity contribution in [2.75, 3.05) is 47.5 Å². The van der Waals surface area contributed by atoms with Crippen molar-refractivity contribution < 1.29 is 19.0 Å². The molecule has 0 unspecified atom stereocenters. The van der Waals surface area contributed by atoms with Crippen molar-refractivity contribution in [3.8, 4) is 17.2 Å². The van der Waals surface area contributed by atoms with Crippen LogP contribution in [0.1, 0.15) is 68.1 Å². The van der Waals surface area contributed by atoms with Gasteiger partial charge in [0.15, 0.2) is 16.6 Å². The quantitative estimate of drug-likeness (QED) is 0.574. The zero-order valence-corrected chi connectivity index (χ0v) is 22.3. The van der Waals surface area contributed by atoms with E-state index in [1.54, 1.807) is 33.5 Å². The zero-order valence-electron chi connectivity index (χ0n) is 21.5. The number of piperidine rings is 2. The molecule has 3 aliphatic rings. The molecule has 3 fully saturated rings. The van der Waals surface area contributed by atoms with Crippen LogP contribution in [0.15, 0.2) is 12.1 Å². The highest BCUT2D eigenvalue weighted by atomic mass is 32.1. The average Bonchev–Trinajstić information content (AvgIpc) is 2.92. The van der Waals surface area contributed by atoms with Gasteiger partial charge in [-0.25, -0.2) is 0 Å². The molecule has 4 rings (SSSR count). The maximum absolute atomic E-state index is 13.2. The molecule has 2 aliphatic heterocycles. The molecule has 0 bridgehead atoms. The van der Waals surface area contributed by atoms with Crippen LogP contribution in [0.4, 0.5) is 0 Å². The molecule has 1 aliphatic carbocycles. The van der Waals surface area contributed by atoms with Gasteiger partial charge in [0, 0.05) is 37.8 Å². The molecular weight excluding hydrogens is 462 g/mol. The number of thiocarbonyl (C=S) groups is 1. The summed E-state index contributed by atoms with van der Waals surface area (Å²) in [5.74, 6) is 2.95. The molecule has 1 aromatic rings. The van der Waals surface area contributed by atoms with E-state index in [0.717, 1.165) is 50.1 Å². The van der Waals surface area contributed by atoms with E-state index in [-0.39, 0.29) is 5.91 Å². The van der Waals surface area contributed by atoms with Crippen molar-refractivity contribution in [1.29, 1.82) is 0 Å². The summed E-state index contributed by atoms with van der Waals surface area (Å²) >= 11 is 5.74. The summed E-state index contributed by atoms with van der Waals surface area (Å²) in [7, 11) is 4.71. The highest BCUT2D eigenvalue weighted by Gasteiger charge is 2.32. The lowest BCUT2D eigenvalue weighted by Gasteiger charge is -2.41. The van der Waals surface area contributed by atoms with Crippen molar-refractivity contribution in [3.63, 3.8) is 0 Å². The van der Waals surface area contributed by atoms with Crippen LogP contribution in [-0.2, 0) is 0 Å². The Morgan fingerprint density at radius 1 is 0.800 bits per heavy atom. The molecule has 194 valence electrons. The number of hydrogen-bond acceptors (Lipinski definition) is 5. The number of nitrogens with zero attached hydrogens (tertiary/aromatic N) is 2. The van der Waals surface area contributed by atoms with Crippen LogP contribution in [0.5, 0.6) is 17.2 Å². The maximum atomic E-state index is 13.2. The molecule has 1 amide bonds. The van der Waals surface area contributed by atoms with Gasteiger partial charge in [0.2, 0.25) is 5.75 Å². The number of carbonyl (C=O) groups excluding carboxylic acids is 1. The van der Waals surface area contributed by atoms with E-state index in [1.165, 1.54) is 44.9 Å². The van der Waals surface area contributed by atoms with Crippen molar-refractivity contribution >= 4 is 23.2 Å². The first kappa shape index (κ1) is 25.9. The number of carbonyl (C=O) groups is 1. The fourth-order valence-corrected chi connectivity index (χ4v) is 6.40. The van der Waals surface area contributed by atoms with E-state index in [0.29, 0.717) is 34.8 Å². The molecule has 7 nitrogen and oxygen atoms in total. The van der Waals surface area contributed by atoms with Gasteiger partial charge in [0.1, 0.15) is 0 Å². The second kappa shape index (κ2) is 12.2. The van der Waals surface area contributed by atoms with Gasteiger partial charge in [0.25, 0.3) is 5.91 Å². The zero-order chi connectivity index (χ0) is 24.8.